The first kappa shape index (κ1) is 46.6. The van der Waals surface area contributed by atoms with Crippen LogP contribution in [0.4, 0.5) is 4.79 Å². The predicted molar refractivity (Wildman–Crippen MR) is 223 cm³/mol. The number of ether oxygens (including phenoxy) is 5. The maximum atomic E-state index is 14.9. The third-order valence-corrected chi connectivity index (χ3v) is 13.6. The van der Waals surface area contributed by atoms with Crippen molar-refractivity contribution < 1.29 is 48.0 Å². The van der Waals surface area contributed by atoms with Crippen molar-refractivity contribution in [2.45, 2.75) is 161 Å². The van der Waals surface area contributed by atoms with E-state index in [2.05, 4.69) is 11.1 Å². The van der Waals surface area contributed by atoms with Gasteiger partial charge in [-0.3, -0.25) is 19.4 Å². The predicted octanol–water partition coefficient (Wildman–Crippen LogP) is 6.54. The smallest absolute Gasteiger partial charge is 0.410 e. The standard InChI is InChI=1S/C46H69N3O10/c1-13-35-46(14-2)38(49(43(54)59-46)24-18-17-19-31-22-23-47-33-21-16-15-20-32(31)33)29(5)36(50)27(3)26-45(9,55-12)40(30(6)39(52)44(7,8)42(53)57-35)58-41-37(51)34(48(10)11)25-28(4)56-41/h15-16,20-23,27-30,34-35,37-38,40-41,51H,13-14,17-19,24-26H2,1-12H3/t27-,28-,29+,30+,34+,35-,37-,38-,40-,41?,45-,46-/m1/s1. The quantitative estimate of drug-likeness (QED) is 0.149. The van der Waals surface area contributed by atoms with E-state index in [0.29, 0.717) is 19.4 Å². The molecule has 3 aliphatic heterocycles. The molecule has 1 aromatic carbocycles. The zero-order chi connectivity index (χ0) is 43.6. The molecule has 3 aliphatic rings. The minimum absolute atomic E-state index is 0.130. The number of aryl methyl sites for hydroxylation is 1. The number of esters is 1. The number of para-hydroxylation sites is 1. The number of aromatic nitrogens is 1. The number of carbonyl (C=O) groups is 4. The van der Waals surface area contributed by atoms with Crippen LogP contribution in [0.25, 0.3) is 10.9 Å². The number of hydrogen-bond acceptors (Lipinski definition) is 12. The molecule has 0 spiro atoms. The van der Waals surface area contributed by atoms with Crippen LogP contribution in [0.15, 0.2) is 36.5 Å². The van der Waals surface area contributed by atoms with Gasteiger partial charge in [-0.25, -0.2) is 4.79 Å². The molecule has 0 saturated carbocycles. The molecule has 0 radical (unpaired) electrons. The van der Waals surface area contributed by atoms with Gasteiger partial charge in [0, 0.05) is 49.0 Å². The Morgan fingerprint density at radius 2 is 1.68 bits per heavy atom. The SMILES string of the molecule is CC[C@H]1OC(=O)C(C)(C)C(=O)[C@H](C)[C@@H](OC2O[C@H](C)C[C@H](N(C)C)[C@H]2O)[C@](C)(OC)C[C@@H](C)C(=O)[C@H](C)[C@H]2N(CCCCc3ccnc4ccccc34)C(=O)O[C@]12CC. The highest BCUT2D eigenvalue weighted by Gasteiger charge is 2.62. The fourth-order valence-electron chi connectivity index (χ4n) is 10.1. The number of nitrogens with zero attached hydrogens (tertiary/aromatic N) is 3. The Bertz CT molecular complexity index is 1810. The molecule has 4 heterocycles. The first-order chi connectivity index (χ1) is 27.8. The van der Waals surface area contributed by atoms with Crippen LogP contribution in [0.5, 0.6) is 0 Å². The molecule has 1 unspecified atom stereocenters. The number of methoxy groups -OCH3 is 1. The summed E-state index contributed by atoms with van der Waals surface area (Å²) in [4.78, 5) is 66.2. The van der Waals surface area contributed by atoms with Gasteiger partial charge in [-0.1, -0.05) is 52.8 Å². The average molecular weight is 824 g/mol. The van der Waals surface area contributed by atoms with Crippen LogP contribution in [0.2, 0.25) is 0 Å². The molecule has 3 saturated heterocycles. The summed E-state index contributed by atoms with van der Waals surface area (Å²) < 4.78 is 31.8. The van der Waals surface area contributed by atoms with Gasteiger partial charge in [-0.05, 0) is 104 Å². The number of aliphatic hydroxyl groups is 1. The molecule has 1 aromatic heterocycles. The van der Waals surface area contributed by atoms with Crippen molar-refractivity contribution in [2.24, 2.45) is 23.2 Å². The maximum Gasteiger partial charge on any atom is 0.410 e. The Morgan fingerprint density at radius 1 is 0.983 bits per heavy atom. The summed E-state index contributed by atoms with van der Waals surface area (Å²) >= 11 is 0. The van der Waals surface area contributed by atoms with Crippen molar-refractivity contribution in [3.05, 3.63) is 42.1 Å². The highest BCUT2D eigenvalue weighted by Crippen LogP contribution is 2.46. The monoisotopic (exact) mass is 823 g/mol. The minimum Gasteiger partial charge on any atom is -0.457 e. The highest BCUT2D eigenvalue weighted by atomic mass is 16.7. The number of Topliss-reactive ketones (excluding diaryl/α,β-unsaturated/α-hetero) is 2. The lowest BCUT2D eigenvalue weighted by atomic mass is 9.70. The van der Waals surface area contributed by atoms with Gasteiger partial charge in [0.05, 0.1) is 29.4 Å². The molecule has 0 aliphatic carbocycles. The maximum absolute atomic E-state index is 14.9. The number of fused-ring (bicyclic) bond motifs is 2. The molecule has 59 heavy (non-hydrogen) atoms. The van der Waals surface area contributed by atoms with E-state index in [9.17, 15) is 24.3 Å². The molecule has 5 rings (SSSR count). The van der Waals surface area contributed by atoms with E-state index >= 15 is 0 Å². The van der Waals surface area contributed by atoms with Crippen LogP contribution in [0.1, 0.15) is 106 Å². The zero-order valence-electron chi connectivity index (χ0n) is 37.4. The van der Waals surface area contributed by atoms with Crippen LogP contribution in [-0.4, -0.2) is 125 Å². The van der Waals surface area contributed by atoms with Crippen molar-refractivity contribution in [2.75, 3.05) is 27.7 Å². The van der Waals surface area contributed by atoms with Crippen molar-refractivity contribution in [3.63, 3.8) is 0 Å². The molecule has 12 atom stereocenters. The Morgan fingerprint density at radius 3 is 2.32 bits per heavy atom. The lowest BCUT2D eigenvalue weighted by Crippen LogP contribution is -2.61. The summed E-state index contributed by atoms with van der Waals surface area (Å²) in [6.07, 6.45) is 0.219. The van der Waals surface area contributed by atoms with Gasteiger partial charge in [-0.2, -0.15) is 0 Å². The lowest BCUT2D eigenvalue weighted by Gasteiger charge is -2.47. The lowest BCUT2D eigenvalue weighted by molar-refractivity contribution is -0.295. The third-order valence-electron chi connectivity index (χ3n) is 13.6. The van der Waals surface area contributed by atoms with Crippen LogP contribution in [0, 0.1) is 23.2 Å². The number of amides is 1. The first-order valence-corrected chi connectivity index (χ1v) is 21.6. The Hall–Kier alpha value is -3.49. The molecule has 328 valence electrons. The average Bonchev–Trinajstić information content (AvgIpc) is 3.50. The second kappa shape index (κ2) is 18.6. The second-order valence-electron chi connectivity index (χ2n) is 18.3. The van der Waals surface area contributed by atoms with Crippen LogP contribution in [0.3, 0.4) is 0 Å². The number of aliphatic hydroxyl groups excluding tert-OH is 1. The number of rotatable bonds is 11. The number of pyridine rings is 1. The fraction of sp³-hybridized carbons (Fsp3) is 0.717. The minimum atomic E-state index is -1.67. The van der Waals surface area contributed by atoms with Crippen LogP contribution >= 0.6 is 0 Å². The largest absolute Gasteiger partial charge is 0.457 e. The summed E-state index contributed by atoms with van der Waals surface area (Å²) in [6, 6.07) is 8.99. The molecule has 13 heteroatoms. The van der Waals surface area contributed by atoms with Gasteiger partial charge < -0.3 is 38.6 Å². The molecule has 1 N–H and O–H groups in total. The Balaban J connectivity index is 1.52. The van der Waals surface area contributed by atoms with E-state index < -0.39 is 82.9 Å². The van der Waals surface area contributed by atoms with Crippen LogP contribution in [-0.2, 0) is 44.5 Å². The Labute approximate surface area is 350 Å². The van der Waals surface area contributed by atoms with Gasteiger partial charge in [0.2, 0.25) is 0 Å². The molecule has 3 fully saturated rings. The first-order valence-electron chi connectivity index (χ1n) is 21.6. The van der Waals surface area contributed by atoms with Crippen molar-refractivity contribution in [1.29, 1.82) is 0 Å². The molecular weight excluding hydrogens is 755 g/mol. The van der Waals surface area contributed by atoms with Gasteiger partial charge in [-0.15, -0.1) is 0 Å². The highest BCUT2D eigenvalue weighted by molar-refractivity contribution is 6.04. The van der Waals surface area contributed by atoms with Gasteiger partial charge in [0.15, 0.2) is 17.7 Å². The topological polar surface area (TPSA) is 154 Å². The summed E-state index contributed by atoms with van der Waals surface area (Å²) in [6.45, 7) is 16.2. The zero-order valence-corrected chi connectivity index (χ0v) is 37.4. The van der Waals surface area contributed by atoms with Crippen molar-refractivity contribution in [3.8, 4) is 0 Å². The summed E-state index contributed by atoms with van der Waals surface area (Å²) in [5.41, 5.74) is -2.22. The number of ketones is 2. The van der Waals surface area contributed by atoms with E-state index in [0.717, 1.165) is 23.7 Å². The van der Waals surface area contributed by atoms with Gasteiger partial charge >= 0.3 is 12.1 Å². The number of unbranched alkanes of at least 4 members (excludes halogenated alkanes) is 1. The number of benzene rings is 1. The molecule has 1 amide bonds. The number of cyclic esters (lactones) is 1. The number of likely N-dealkylation sites (N-methyl/N-ethyl adjacent to an activating group) is 1. The third kappa shape index (κ3) is 9.10. The normalized spacial score (nSPS) is 36.0. The number of carbonyl (C=O) groups excluding carboxylic acids is 4. The molecule has 0 bridgehead atoms. The van der Waals surface area contributed by atoms with E-state index in [4.69, 9.17) is 23.7 Å². The summed E-state index contributed by atoms with van der Waals surface area (Å²) in [5.74, 6) is -3.73. The fourth-order valence-corrected chi connectivity index (χ4v) is 10.1. The summed E-state index contributed by atoms with van der Waals surface area (Å²) in [7, 11) is 5.27. The van der Waals surface area contributed by atoms with Crippen LogP contribution < -0.4 is 0 Å². The number of hydrogen-bond donors (Lipinski definition) is 1. The Kier molecular flexibility index (Phi) is 14.7. The molecule has 13 nitrogen and oxygen atoms in total. The second-order valence-corrected chi connectivity index (χ2v) is 18.3. The summed E-state index contributed by atoms with van der Waals surface area (Å²) in [5, 5.41) is 12.6. The molecule has 2 aromatic rings. The van der Waals surface area contributed by atoms with Gasteiger partial charge in [0.25, 0.3) is 0 Å². The van der Waals surface area contributed by atoms with Gasteiger partial charge in [0.1, 0.15) is 23.4 Å². The van der Waals surface area contributed by atoms with E-state index in [1.165, 1.54) is 26.5 Å². The van der Waals surface area contributed by atoms with Crippen molar-refractivity contribution in [1.82, 2.24) is 14.8 Å². The van der Waals surface area contributed by atoms with E-state index in [1.54, 1.807) is 18.7 Å². The molecular formula is C46H69N3O10. The van der Waals surface area contributed by atoms with E-state index in [1.807, 2.05) is 84.1 Å². The van der Waals surface area contributed by atoms with Crippen molar-refractivity contribution >= 4 is 34.5 Å². The van der Waals surface area contributed by atoms with E-state index in [-0.39, 0.29) is 37.2 Å².